The van der Waals surface area contributed by atoms with Crippen LogP contribution in [0.25, 0.3) is 10.9 Å². The van der Waals surface area contributed by atoms with E-state index in [1.54, 1.807) is 7.11 Å². The lowest BCUT2D eigenvalue weighted by molar-refractivity contribution is 0.415. The fraction of sp³-hybridized carbons (Fsp3) is 0.500. The molecular formula is C16H24N2O. The minimum atomic E-state index is 0.385. The molecule has 3 nitrogen and oxygen atoms in total. The molecule has 0 saturated heterocycles. The molecule has 0 aliphatic heterocycles. The number of ether oxygens (including phenoxy) is 1. The Morgan fingerprint density at radius 2 is 2.00 bits per heavy atom. The van der Waals surface area contributed by atoms with Gasteiger partial charge in [0.15, 0.2) is 0 Å². The summed E-state index contributed by atoms with van der Waals surface area (Å²) in [7, 11) is 3.82. The van der Waals surface area contributed by atoms with Crippen molar-refractivity contribution in [2.75, 3.05) is 13.7 Å². The third-order valence-electron chi connectivity index (χ3n) is 4.18. The normalized spacial score (nSPS) is 13.2. The first-order chi connectivity index (χ1) is 9.01. The Morgan fingerprint density at radius 1 is 1.32 bits per heavy atom. The second-order valence-electron chi connectivity index (χ2n) is 5.53. The highest BCUT2D eigenvalue weighted by molar-refractivity contribution is 5.87. The molecule has 19 heavy (non-hydrogen) atoms. The summed E-state index contributed by atoms with van der Waals surface area (Å²) in [5.41, 5.74) is 9.92. The van der Waals surface area contributed by atoms with Crippen LogP contribution in [-0.4, -0.2) is 18.2 Å². The highest BCUT2D eigenvalue weighted by atomic mass is 16.5. The van der Waals surface area contributed by atoms with Gasteiger partial charge < -0.3 is 15.0 Å². The van der Waals surface area contributed by atoms with Crippen molar-refractivity contribution in [3.63, 3.8) is 0 Å². The van der Waals surface area contributed by atoms with Gasteiger partial charge in [0.25, 0.3) is 0 Å². The first-order valence-electron chi connectivity index (χ1n) is 6.84. The van der Waals surface area contributed by atoms with Crippen LogP contribution < -0.4 is 10.5 Å². The van der Waals surface area contributed by atoms with Gasteiger partial charge in [0, 0.05) is 29.6 Å². The highest BCUT2D eigenvalue weighted by Gasteiger charge is 2.22. The predicted octanol–water partition coefficient (Wildman–Crippen LogP) is 3.19. The average molecular weight is 260 g/mol. The van der Waals surface area contributed by atoms with Crippen LogP contribution in [-0.2, 0) is 7.05 Å². The Balaban J connectivity index is 2.74. The van der Waals surface area contributed by atoms with Gasteiger partial charge in [0.2, 0.25) is 0 Å². The van der Waals surface area contributed by atoms with E-state index in [1.807, 2.05) is 6.07 Å². The van der Waals surface area contributed by atoms with Gasteiger partial charge in [-0.15, -0.1) is 0 Å². The molecule has 0 radical (unpaired) electrons. The number of aryl methyl sites for hydroxylation is 1. The molecular weight excluding hydrogens is 236 g/mol. The molecule has 1 aromatic carbocycles. The van der Waals surface area contributed by atoms with Crippen LogP contribution in [0.3, 0.4) is 0 Å². The van der Waals surface area contributed by atoms with Crippen LogP contribution in [0.1, 0.15) is 31.0 Å². The molecule has 0 fully saturated rings. The van der Waals surface area contributed by atoms with E-state index in [2.05, 4.69) is 44.5 Å². The van der Waals surface area contributed by atoms with Crippen LogP contribution in [0.4, 0.5) is 0 Å². The SMILES string of the molecule is COc1ccc2c(c1)c(C(CN)C(C)C)c(C)n2C. The van der Waals surface area contributed by atoms with Gasteiger partial charge >= 0.3 is 0 Å². The molecule has 3 heteroatoms. The maximum atomic E-state index is 6.00. The Labute approximate surface area is 115 Å². The molecule has 0 saturated carbocycles. The number of nitrogens with two attached hydrogens (primary N) is 1. The number of rotatable bonds is 4. The highest BCUT2D eigenvalue weighted by Crippen LogP contribution is 2.36. The molecule has 0 spiro atoms. The Hall–Kier alpha value is -1.48. The van der Waals surface area contributed by atoms with Gasteiger partial charge in [-0.3, -0.25) is 0 Å². The monoisotopic (exact) mass is 260 g/mol. The Morgan fingerprint density at radius 3 is 2.53 bits per heavy atom. The van der Waals surface area contributed by atoms with E-state index in [4.69, 9.17) is 10.5 Å². The van der Waals surface area contributed by atoms with Crippen molar-refractivity contribution in [1.29, 1.82) is 0 Å². The van der Waals surface area contributed by atoms with E-state index in [9.17, 15) is 0 Å². The minimum absolute atomic E-state index is 0.385. The van der Waals surface area contributed by atoms with Gasteiger partial charge in [-0.25, -0.2) is 0 Å². The van der Waals surface area contributed by atoms with E-state index < -0.39 is 0 Å². The Kier molecular flexibility index (Phi) is 3.85. The second kappa shape index (κ2) is 5.25. The number of hydrogen-bond donors (Lipinski definition) is 1. The van der Waals surface area contributed by atoms with Crippen LogP contribution >= 0.6 is 0 Å². The summed E-state index contributed by atoms with van der Waals surface area (Å²) in [6.07, 6.45) is 0. The summed E-state index contributed by atoms with van der Waals surface area (Å²) in [5, 5.41) is 1.27. The zero-order valence-corrected chi connectivity index (χ0v) is 12.5. The van der Waals surface area contributed by atoms with Gasteiger partial charge in [-0.05, 0) is 43.1 Å². The van der Waals surface area contributed by atoms with Crippen LogP contribution in [0.2, 0.25) is 0 Å². The lowest BCUT2D eigenvalue weighted by atomic mass is 9.86. The molecule has 1 unspecified atom stereocenters. The zero-order chi connectivity index (χ0) is 14.2. The minimum Gasteiger partial charge on any atom is -0.497 e. The Bertz CT molecular complexity index is 584. The van der Waals surface area contributed by atoms with E-state index in [0.717, 1.165) is 5.75 Å². The van der Waals surface area contributed by atoms with Crippen molar-refractivity contribution < 1.29 is 4.74 Å². The largest absolute Gasteiger partial charge is 0.497 e. The quantitative estimate of drug-likeness (QED) is 0.917. The van der Waals surface area contributed by atoms with Crippen molar-refractivity contribution in [1.82, 2.24) is 4.57 Å². The fourth-order valence-corrected chi connectivity index (χ4v) is 2.90. The summed E-state index contributed by atoms with van der Waals surface area (Å²) >= 11 is 0. The molecule has 2 aromatic rings. The molecule has 1 aromatic heterocycles. The van der Waals surface area contributed by atoms with Gasteiger partial charge in [0.1, 0.15) is 5.75 Å². The maximum absolute atomic E-state index is 6.00. The van der Waals surface area contributed by atoms with Gasteiger partial charge in [-0.2, -0.15) is 0 Å². The standard InChI is InChI=1S/C16H24N2O/c1-10(2)14(9-17)16-11(3)18(4)15-7-6-12(19-5)8-13(15)16/h6-8,10,14H,9,17H2,1-5H3. The third-order valence-corrected chi connectivity index (χ3v) is 4.18. The maximum Gasteiger partial charge on any atom is 0.119 e. The second-order valence-corrected chi connectivity index (χ2v) is 5.53. The van der Waals surface area contributed by atoms with Crippen molar-refractivity contribution in [3.05, 3.63) is 29.5 Å². The van der Waals surface area contributed by atoms with E-state index in [-0.39, 0.29) is 0 Å². The van der Waals surface area contributed by atoms with E-state index in [1.165, 1.54) is 22.2 Å². The summed E-state index contributed by atoms with van der Waals surface area (Å²) in [6.45, 7) is 7.31. The van der Waals surface area contributed by atoms with E-state index >= 15 is 0 Å². The molecule has 2 rings (SSSR count). The molecule has 0 amide bonds. The molecule has 104 valence electrons. The van der Waals surface area contributed by atoms with Crippen molar-refractivity contribution in [2.45, 2.75) is 26.7 Å². The zero-order valence-electron chi connectivity index (χ0n) is 12.5. The number of methoxy groups -OCH3 is 1. The topological polar surface area (TPSA) is 40.2 Å². The lowest BCUT2D eigenvalue weighted by Crippen LogP contribution is -2.18. The predicted molar refractivity (Wildman–Crippen MR) is 80.8 cm³/mol. The lowest BCUT2D eigenvalue weighted by Gasteiger charge is -2.20. The first-order valence-corrected chi connectivity index (χ1v) is 6.84. The van der Waals surface area contributed by atoms with E-state index in [0.29, 0.717) is 18.4 Å². The number of fused-ring (bicyclic) bond motifs is 1. The third kappa shape index (κ3) is 2.23. The number of hydrogen-bond acceptors (Lipinski definition) is 2. The van der Waals surface area contributed by atoms with Crippen molar-refractivity contribution >= 4 is 10.9 Å². The van der Waals surface area contributed by atoms with Crippen molar-refractivity contribution in [2.24, 2.45) is 18.7 Å². The van der Waals surface area contributed by atoms with Gasteiger partial charge in [0.05, 0.1) is 7.11 Å². The fourth-order valence-electron chi connectivity index (χ4n) is 2.90. The van der Waals surface area contributed by atoms with Crippen LogP contribution in [0.15, 0.2) is 18.2 Å². The van der Waals surface area contributed by atoms with Gasteiger partial charge in [-0.1, -0.05) is 13.8 Å². The number of benzene rings is 1. The van der Waals surface area contributed by atoms with Crippen LogP contribution in [0, 0.1) is 12.8 Å². The van der Waals surface area contributed by atoms with Crippen LogP contribution in [0.5, 0.6) is 5.75 Å². The molecule has 1 heterocycles. The van der Waals surface area contributed by atoms with Crippen molar-refractivity contribution in [3.8, 4) is 5.75 Å². The molecule has 2 N–H and O–H groups in total. The average Bonchev–Trinajstić information content (AvgIpc) is 2.64. The smallest absolute Gasteiger partial charge is 0.119 e. The summed E-state index contributed by atoms with van der Waals surface area (Å²) < 4.78 is 7.60. The molecule has 1 atom stereocenters. The number of nitrogens with zero attached hydrogens (tertiary/aromatic N) is 1. The summed E-state index contributed by atoms with van der Waals surface area (Å²) in [4.78, 5) is 0. The summed E-state index contributed by atoms with van der Waals surface area (Å²) in [6, 6.07) is 6.26. The number of aromatic nitrogens is 1. The molecule has 0 bridgehead atoms. The first kappa shape index (κ1) is 13.9. The molecule has 0 aliphatic rings. The molecule has 0 aliphatic carbocycles. The summed E-state index contributed by atoms with van der Waals surface area (Å²) in [5.74, 6) is 1.81.